The van der Waals surface area contributed by atoms with Gasteiger partial charge in [-0.2, -0.15) is 0 Å². The van der Waals surface area contributed by atoms with Crippen LogP contribution < -0.4 is 5.32 Å². The minimum atomic E-state index is 0.814. The Hall–Kier alpha value is -1.16. The molecule has 0 aliphatic heterocycles. The van der Waals surface area contributed by atoms with E-state index in [1.165, 1.54) is 45.1 Å². The predicted molar refractivity (Wildman–Crippen MR) is 84.0 cm³/mol. The van der Waals surface area contributed by atoms with Gasteiger partial charge >= 0.3 is 0 Å². The first-order valence-corrected chi connectivity index (χ1v) is 8.04. The van der Waals surface area contributed by atoms with E-state index in [2.05, 4.69) is 34.2 Å². The molecule has 1 heterocycles. The summed E-state index contributed by atoms with van der Waals surface area (Å²) in [6.45, 7) is 4.27. The lowest BCUT2D eigenvalue weighted by atomic mass is 9.94. The smallest absolute Gasteiger partial charge is 0.129 e. The molecule has 0 radical (unpaired) electrons. The summed E-state index contributed by atoms with van der Waals surface area (Å²) < 4.78 is 0. The first-order chi connectivity index (χ1) is 9.79. The molecule has 1 aromatic heterocycles. The molecule has 0 atom stereocenters. The van der Waals surface area contributed by atoms with Crippen LogP contribution in [0.15, 0.2) is 12.4 Å². The Morgan fingerprint density at radius 1 is 1.25 bits per heavy atom. The maximum Gasteiger partial charge on any atom is 0.129 e. The molecule has 1 aliphatic carbocycles. The minimum Gasteiger partial charge on any atom is -0.370 e. The van der Waals surface area contributed by atoms with Crippen LogP contribution in [0.1, 0.15) is 51.1 Å². The second-order valence-corrected chi connectivity index (χ2v) is 5.80. The van der Waals surface area contributed by atoms with Crippen LogP contribution in [-0.4, -0.2) is 41.0 Å². The van der Waals surface area contributed by atoms with Gasteiger partial charge in [0.05, 0.1) is 0 Å². The molecule has 0 amide bonds. The van der Waals surface area contributed by atoms with Crippen molar-refractivity contribution in [1.29, 1.82) is 0 Å². The Balaban J connectivity index is 1.65. The van der Waals surface area contributed by atoms with Gasteiger partial charge in [-0.3, -0.25) is 0 Å². The van der Waals surface area contributed by atoms with Crippen LogP contribution in [0.3, 0.4) is 0 Å². The van der Waals surface area contributed by atoms with Crippen LogP contribution in [0.2, 0.25) is 0 Å². The van der Waals surface area contributed by atoms with Crippen LogP contribution in [-0.2, 0) is 6.42 Å². The maximum atomic E-state index is 4.26. The topological polar surface area (TPSA) is 41.0 Å². The van der Waals surface area contributed by atoms with E-state index in [1.54, 1.807) is 6.33 Å². The van der Waals surface area contributed by atoms with Crippen LogP contribution in [0.5, 0.6) is 0 Å². The van der Waals surface area contributed by atoms with Crippen molar-refractivity contribution in [3.05, 3.63) is 18.1 Å². The van der Waals surface area contributed by atoms with Crippen LogP contribution >= 0.6 is 0 Å². The van der Waals surface area contributed by atoms with E-state index in [4.69, 9.17) is 0 Å². The summed E-state index contributed by atoms with van der Waals surface area (Å²) in [7, 11) is 2.27. The Labute approximate surface area is 123 Å². The van der Waals surface area contributed by atoms with Crippen molar-refractivity contribution in [3.63, 3.8) is 0 Å². The molecular formula is C16H28N4. The summed E-state index contributed by atoms with van der Waals surface area (Å²) in [6.07, 6.45) is 10.8. The highest BCUT2D eigenvalue weighted by atomic mass is 15.1. The molecule has 2 rings (SSSR count). The highest BCUT2D eigenvalue weighted by molar-refractivity contribution is 5.34. The van der Waals surface area contributed by atoms with Gasteiger partial charge in [-0.25, -0.2) is 9.97 Å². The molecule has 0 bridgehead atoms. The van der Waals surface area contributed by atoms with Crippen LogP contribution in [0.25, 0.3) is 0 Å². The van der Waals surface area contributed by atoms with Gasteiger partial charge in [-0.1, -0.05) is 26.2 Å². The van der Waals surface area contributed by atoms with Crippen LogP contribution in [0, 0.1) is 0 Å². The third-order valence-corrected chi connectivity index (χ3v) is 4.28. The standard InChI is InChI=1S/C16H28N4/c1-3-14-12-16(19-13-18-14)17-10-7-11-20(2)15-8-5-4-6-9-15/h12-13,15H,3-11H2,1-2H3,(H,17,18,19). The number of nitrogens with zero attached hydrogens (tertiary/aromatic N) is 3. The van der Waals surface area contributed by atoms with Gasteiger partial charge in [0.1, 0.15) is 12.1 Å². The molecule has 112 valence electrons. The van der Waals surface area contributed by atoms with Gasteiger partial charge in [0.25, 0.3) is 0 Å². The second kappa shape index (κ2) is 8.20. The lowest BCUT2D eigenvalue weighted by molar-refractivity contribution is 0.191. The largest absolute Gasteiger partial charge is 0.370 e. The summed E-state index contributed by atoms with van der Waals surface area (Å²) in [6, 6.07) is 2.86. The number of anilines is 1. The number of aromatic nitrogens is 2. The van der Waals surface area contributed by atoms with Gasteiger partial charge < -0.3 is 10.2 Å². The molecule has 1 aromatic rings. The number of nitrogens with one attached hydrogen (secondary N) is 1. The van der Waals surface area contributed by atoms with Gasteiger partial charge in [0.15, 0.2) is 0 Å². The molecule has 0 saturated heterocycles. The summed E-state index contributed by atoms with van der Waals surface area (Å²) in [5, 5.41) is 3.40. The zero-order chi connectivity index (χ0) is 14.2. The van der Waals surface area contributed by atoms with Crippen LogP contribution in [0.4, 0.5) is 5.82 Å². The van der Waals surface area contributed by atoms with Gasteiger partial charge in [0, 0.05) is 24.3 Å². The highest BCUT2D eigenvalue weighted by Crippen LogP contribution is 2.21. The zero-order valence-electron chi connectivity index (χ0n) is 12.9. The molecule has 1 N–H and O–H groups in total. The SMILES string of the molecule is CCc1cc(NCCCN(C)C2CCCCC2)ncn1. The lowest BCUT2D eigenvalue weighted by Crippen LogP contribution is -2.34. The van der Waals surface area contributed by atoms with E-state index in [1.807, 2.05) is 6.07 Å². The Morgan fingerprint density at radius 2 is 2.05 bits per heavy atom. The van der Waals surface area contributed by atoms with Gasteiger partial charge in [-0.15, -0.1) is 0 Å². The van der Waals surface area contributed by atoms with E-state index in [0.29, 0.717) is 0 Å². The van der Waals surface area contributed by atoms with Crippen molar-refractivity contribution < 1.29 is 0 Å². The van der Waals surface area contributed by atoms with Gasteiger partial charge in [-0.05, 0) is 39.3 Å². The zero-order valence-corrected chi connectivity index (χ0v) is 12.9. The van der Waals surface area contributed by atoms with Crippen molar-refractivity contribution in [2.45, 2.75) is 57.9 Å². The first-order valence-electron chi connectivity index (χ1n) is 8.04. The quantitative estimate of drug-likeness (QED) is 0.777. The predicted octanol–water partition coefficient (Wildman–Crippen LogP) is 3.11. The average molecular weight is 276 g/mol. The lowest BCUT2D eigenvalue weighted by Gasteiger charge is -2.31. The van der Waals surface area contributed by atoms with E-state index >= 15 is 0 Å². The molecule has 0 spiro atoms. The maximum absolute atomic E-state index is 4.26. The Bertz CT molecular complexity index is 388. The van der Waals surface area contributed by atoms with E-state index in [-0.39, 0.29) is 0 Å². The number of aryl methyl sites for hydroxylation is 1. The summed E-state index contributed by atoms with van der Waals surface area (Å²) >= 11 is 0. The average Bonchev–Trinajstić information content (AvgIpc) is 2.52. The molecule has 0 aromatic carbocycles. The van der Waals surface area contributed by atoms with Crippen molar-refractivity contribution in [3.8, 4) is 0 Å². The number of hydrogen-bond donors (Lipinski definition) is 1. The molecule has 1 fully saturated rings. The number of rotatable bonds is 7. The molecule has 20 heavy (non-hydrogen) atoms. The minimum absolute atomic E-state index is 0.814. The third-order valence-electron chi connectivity index (χ3n) is 4.28. The molecule has 1 aliphatic rings. The fourth-order valence-electron chi connectivity index (χ4n) is 2.94. The van der Waals surface area contributed by atoms with Crippen molar-refractivity contribution in [1.82, 2.24) is 14.9 Å². The third kappa shape index (κ3) is 4.75. The molecule has 0 unspecified atom stereocenters. The first kappa shape index (κ1) is 15.2. The molecule has 1 saturated carbocycles. The summed E-state index contributed by atoms with van der Waals surface area (Å²) in [4.78, 5) is 11.0. The fourth-order valence-corrected chi connectivity index (χ4v) is 2.94. The van der Waals surface area contributed by atoms with Crippen molar-refractivity contribution in [2.24, 2.45) is 0 Å². The molecule has 4 nitrogen and oxygen atoms in total. The fraction of sp³-hybridized carbons (Fsp3) is 0.750. The van der Waals surface area contributed by atoms with Gasteiger partial charge in [0.2, 0.25) is 0 Å². The van der Waals surface area contributed by atoms with E-state index in [9.17, 15) is 0 Å². The van der Waals surface area contributed by atoms with E-state index < -0.39 is 0 Å². The highest BCUT2D eigenvalue weighted by Gasteiger charge is 2.17. The summed E-state index contributed by atoms with van der Waals surface area (Å²) in [5.41, 5.74) is 1.10. The Kier molecular flexibility index (Phi) is 6.25. The number of hydrogen-bond acceptors (Lipinski definition) is 4. The normalized spacial score (nSPS) is 16.6. The van der Waals surface area contributed by atoms with E-state index in [0.717, 1.165) is 30.5 Å². The molecule has 4 heteroatoms. The van der Waals surface area contributed by atoms with Crippen molar-refractivity contribution >= 4 is 5.82 Å². The monoisotopic (exact) mass is 276 g/mol. The summed E-state index contributed by atoms with van der Waals surface area (Å²) in [5.74, 6) is 0.956. The van der Waals surface area contributed by atoms with Crippen molar-refractivity contribution in [2.75, 3.05) is 25.5 Å². The Morgan fingerprint density at radius 3 is 2.80 bits per heavy atom. The molecular weight excluding hydrogens is 248 g/mol. The second-order valence-electron chi connectivity index (χ2n) is 5.80.